The largest absolute Gasteiger partial charge is 0.455 e. The van der Waals surface area contributed by atoms with E-state index < -0.39 is 35.0 Å². The van der Waals surface area contributed by atoms with Gasteiger partial charge in [-0.15, -0.1) is 11.8 Å². The van der Waals surface area contributed by atoms with Crippen LogP contribution in [0.4, 0.5) is 20.2 Å². The first-order valence-electron chi connectivity index (χ1n) is 7.13. The predicted octanol–water partition coefficient (Wildman–Crippen LogP) is 3.15. The van der Waals surface area contributed by atoms with Crippen LogP contribution in [0.1, 0.15) is 0 Å². The van der Waals surface area contributed by atoms with E-state index in [4.69, 9.17) is 4.74 Å². The fourth-order valence-corrected chi connectivity index (χ4v) is 2.46. The summed E-state index contributed by atoms with van der Waals surface area (Å²) in [6, 6.07) is 8.43. The molecule has 0 saturated carbocycles. The zero-order valence-corrected chi connectivity index (χ0v) is 13.9. The molecule has 0 bridgehead atoms. The quantitative estimate of drug-likeness (QED) is 0.342. The normalized spacial score (nSPS) is 10.2. The Labute approximate surface area is 150 Å². The molecular formula is C16H12F2N2O5S. The Balaban J connectivity index is 1.74. The van der Waals surface area contributed by atoms with Gasteiger partial charge >= 0.3 is 5.97 Å². The molecule has 0 aliphatic heterocycles. The van der Waals surface area contributed by atoms with E-state index in [2.05, 4.69) is 5.32 Å². The van der Waals surface area contributed by atoms with Crippen molar-refractivity contribution in [2.75, 3.05) is 17.7 Å². The molecule has 2 aromatic rings. The molecule has 0 aliphatic rings. The number of amides is 1. The smallest absolute Gasteiger partial charge is 0.316 e. The summed E-state index contributed by atoms with van der Waals surface area (Å²) in [5.41, 5.74) is -0.0315. The molecular weight excluding hydrogens is 370 g/mol. The Hall–Kier alpha value is -3.01. The van der Waals surface area contributed by atoms with Gasteiger partial charge in [-0.2, -0.15) is 0 Å². The van der Waals surface area contributed by atoms with E-state index in [1.807, 2.05) is 0 Å². The van der Waals surface area contributed by atoms with E-state index in [1.54, 1.807) is 0 Å². The Morgan fingerprint density at radius 2 is 1.81 bits per heavy atom. The number of halogens is 2. The predicted molar refractivity (Wildman–Crippen MR) is 89.8 cm³/mol. The highest BCUT2D eigenvalue weighted by Gasteiger charge is 2.11. The molecule has 0 aliphatic carbocycles. The van der Waals surface area contributed by atoms with E-state index in [0.717, 1.165) is 23.9 Å². The summed E-state index contributed by atoms with van der Waals surface area (Å²) in [6.07, 6.45) is 0. The first-order valence-corrected chi connectivity index (χ1v) is 8.11. The summed E-state index contributed by atoms with van der Waals surface area (Å²) in [4.78, 5) is 33.9. The van der Waals surface area contributed by atoms with Crippen molar-refractivity contribution < 1.29 is 28.0 Å². The molecule has 26 heavy (non-hydrogen) atoms. The van der Waals surface area contributed by atoms with Gasteiger partial charge in [-0.05, 0) is 24.3 Å². The maximum absolute atomic E-state index is 13.0. The molecule has 7 nitrogen and oxygen atoms in total. The third kappa shape index (κ3) is 5.81. The molecule has 2 rings (SSSR count). The number of benzene rings is 2. The van der Waals surface area contributed by atoms with Crippen LogP contribution in [0.2, 0.25) is 0 Å². The zero-order valence-electron chi connectivity index (χ0n) is 13.1. The second-order valence-corrected chi connectivity index (χ2v) is 5.93. The van der Waals surface area contributed by atoms with Gasteiger partial charge in [-0.25, -0.2) is 8.78 Å². The molecule has 0 saturated heterocycles. The second kappa shape index (κ2) is 8.90. The maximum Gasteiger partial charge on any atom is 0.316 e. The van der Waals surface area contributed by atoms with Crippen molar-refractivity contribution in [2.24, 2.45) is 0 Å². The standard InChI is InChI=1S/C16H12F2N2O5S/c17-13-6-1-10(7-14(13)18)19-15(21)8-25-16(22)9-26-12-4-2-11(3-5-12)20(23)24/h1-7H,8-9H2,(H,19,21). The molecule has 0 fully saturated rings. The molecule has 1 amide bonds. The maximum atomic E-state index is 13.0. The highest BCUT2D eigenvalue weighted by molar-refractivity contribution is 8.00. The highest BCUT2D eigenvalue weighted by atomic mass is 32.2. The minimum atomic E-state index is -1.11. The van der Waals surface area contributed by atoms with Crippen LogP contribution in [-0.2, 0) is 14.3 Å². The summed E-state index contributed by atoms with van der Waals surface area (Å²) in [7, 11) is 0. The van der Waals surface area contributed by atoms with Crippen molar-refractivity contribution in [3.05, 3.63) is 64.2 Å². The molecule has 136 valence electrons. The number of esters is 1. The van der Waals surface area contributed by atoms with Crippen LogP contribution < -0.4 is 5.32 Å². The first kappa shape index (κ1) is 19.3. The number of ether oxygens (including phenoxy) is 1. The van der Waals surface area contributed by atoms with Crippen molar-refractivity contribution in [3.8, 4) is 0 Å². The third-order valence-corrected chi connectivity index (χ3v) is 3.96. The fraction of sp³-hybridized carbons (Fsp3) is 0.125. The SMILES string of the molecule is O=C(COC(=O)CSc1ccc([N+](=O)[O-])cc1)Nc1ccc(F)c(F)c1. The highest BCUT2D eigenvalue weighted by Crippen LogP contribution is 2.21. The van der Waals surface area contributed by atoms with Crippen molar-refractivity contribution in [2.45, 2.75) is 4.90 Å². The van der Waals surface area contributed by atoms with Crippen LogP contribution in [0.25, 0.3) is 0 Å². The number of rotatable bonds is 7. The van der Waals surface area contributed by atoms with Crippen LogP contribution in [0.3, 0.4) is 0 Å². The number of hydrogen-bond donors (Lipinski definition) is 1. The van der Waals surface area contributed by atoms with Crippen LogP contribution >= 0.6 is 11.8 Å². The van der Waals surface area contributed by atoms with E-state index in [-0.39, 0.29) is 17.1 Å². The van der Waals surface area contributed by atoms with E-state index >= 15 is 0 Å². The lowest BCUT2D eigenvalue weighted by Gasteiger charge is -2.07. The van der Waals surface area contributed by atoms with E-state index in [9.17, 15) is 28.5 Å². The molecule has 0 aromatic heterocycles. The van der Waals surface area contributed by atoms with Gasteiger partial charge in [0.25, 0.3) is 11.6 Å². The van der Waals surface area contributed by atoms with Gasteiger partial charge in [-0.3, -0.25) is 19.7 Å². The number of hydrogen-bond acceptors (Lipinski definition) is 6. The van der Waals surface area contributed by atoms with Gasteiger partial charge in [-0.1, -0.05) is 0 Å². The molecule has 0 spiro atoms. The summed E-state index contributed by atoms with van der Waals surface area (Å²) < 4.78 is 30.6. The van der Waals surface area contributed by atoms with Crippen LogP contribution in [0, 0.1) is 21.7 Å². The minimum Gasteiger partial charge on any atom is -0.455 e. The topological polar surface area (TPSA) is 98.5 Å². The Bertz CT molecular complexity index is 830. The number of nitrogens with one attached hydrogen (secondary N) is 1. The third-order valence-electron chi connectivity index (χ3n) is 2.97. The summed E-state index contributed by atoms with van der Waals surface area (Å²) in [5, 5.41) is 12.8. The molecule has 1 N–H and O–H groups in total. The number of anilines is 1. The molecule has 0 heterocycles. The first-order chi connectivity index (χ1) is 12.3. The van der Waals surface area contributed by atoms with Crippen molar-refractivity contribution in [1.29, 1.82) is 0 Å². The zero-order chi connectivity index (χ0) is 19.1. The monoisotopic (exact) mass is 382 g/mol. The van der Waals surface area contributed by atoms with Crippen LogP contribution in [-0.4, -0.2) is 29.2 Å². The summed E-state index contributed by atoms with van der Waals surface area (Å²) in [5.74, 6) is -3.63. The summed E-state index contributed by atoms with van der Waals surface area (Å²) >= 11 is 1.09. The van der Waals surface area contributed by atoms with Gasteiger partial charge in [0.1, 0.15) is 0 Å². The van der Waals surface area contributed by atoms with E-state index in [0.29, 0.717) is 4.90 Å². The van der Waals surface area contributed by atoms with Gasteiger partial charge in [0, 0.05) is 28.8 Å². The lowest BCUT2D eigenvalue weighted by atomic mass is 10.3. The Morgan fingerprint density at radius 1 is 1.12 bits per heavy atom. The van der Waals surface area contributed by atoms with Gasteiger partial charge in [0.2, 0.25) is 0 Å². The number of nitro benzene ring substituents is 1. The molecule has 10 heteroatoms. The number of thioether (sulfide) groups is 1. The van der Waals surface area contributed by atoms with Crippen LogP contribution in [0.5, 0.6) is 0 Å². The number of non-ortho nitro benzene ring substituents is 1. The average Bonchev–Trinajstić information content (AvgIpc) is 2.61. The van der Waals surface area contributed by atoms with Gasteiger partial charge in [0.05, 0.1) is 10.7 Å². The van der Waals surface area contributed by atoms with E-state index in [1.165, 1.54) is 30.3 Å². The average molecular weight is 382 g/mol. The number of carbonyl (C=O) groups excluding carboxylic acids is 2. The number of carbonyl (C=O) groups is 2. The van der Waals surface area contributed by atoms with Gasteiger partial charge < -0.3 is 10.1 Å². The van der Waals surface area contributed by atoms with Gasteiger partial charge in [0.15, 0.2) is 18.2 Å². The van der Waals surface area contributed by atoms with Crippen molar-refractivity contribution in [3.63, 3.8) is 0 Å². The molecule has 0 atom stereocenters. The minimum absolute atomic E-state index is 0.0326. The Kier molecular flexibility index (Phi) is 6.61. The molecule has 0 unspecified atom stereocenters. The van der Waals surface area contributed by atoms with Crippen molar-refractivity contribution >= 4 is 35.0 Å². The Morgan fingerprint density at radius 3 is 2.42 bits per heavy atom. The molecule has 0 radical (unpaired) electrons. The second-order valence-electron chi connectivity index (χ2n) is 4.88. The number of nitro groups is 1. The fourth-order valence-electron chi connectivity index (χ4n) is 1.77. The lowest BCUT2D eigenvalue weighted by Crippen LogP contribution is -2.21. The lowest BCUT2D eigenvalue weighted by molar-refractivity contribution is -0.384. The van der Waals surface area contributed by atoms with Crippen LogP contribution in [0.15, 0.2) is 47.4 Å². The molecule has 2 aromatic carbocycles. The number of nitrogens with zero attached hydrogens (tertiary/aromatic N) is 1. The van der Waals surface area contributed by atoms with Crippen molar-refractivity contribution in [1.82, 2.24) is 0 Å². The summed E-state index contributed by atoms with van der Waals surface area (Å²) in [6.45, 7) is -0.585.